The number of aliphatic hydroxyl groups is 3. The fourth-order valence-electron chi connectivity index (χ4n) is 3.18. The van der Waals surface area contributed by atoms with Crippen LogP contribution in [0.25, 0.3) is 0 Å². The van der Waals surface area contributed by atoms with Crippen LogP contribution in [0.15, 0.2) is 0 Å². The number of hydrogen-bond donors (Lipinski definition) is 3. The molecule has 0 saturated carbocycles. The predicted molar refractivity (Wildman–Crippen MR) is 94.1 cm³/mol. The summed E-state index contributed by atoms with van der Waals surface area (Å²) in [4.78, 5) is 10.3. The van der Waals surface area contributed by atoms with Gasteiger partial charge in [-0.2, -0.15) is 0 Å². The molecule has 3 N–H and O–H groups in total. The maximum atomic E-state index is 10.3. The lowest BCUT2D eigenvalue weighted by Gasteiger charge is -2.36. The van der Waals surface area contributed by atoms with E-state index in [1.54, 1.807) is 6.92 Å². The number of aliphatic carboxylic acids is 1. The van der Waals surface area contributed by atoms with Crippen LogP contribution >= 0.6 is 0 Å². The first kappa shape index (κ1) is 23.3. The maximum absolute atomic E-state index is 10.3. The molecule has 6 atom stereocenters. The standard InChI is InChI=1S/C19H36O7/c1-13(25-19-17(22)12-16(21)14(2)26-19)9-7-5-3-4-6-8-10-15(20)11-18(23)24/h13-17,19-22H,3-12H2,1-2H3,(H,23,24)/p-1/t13-,14+,15-,16-,17-,19-/m1/s1. The summed E-state index contributed by atoms with van der Waals surface area (Å²) < 4.78 is 11.3. The molecule has 0 bridgehead atoms. The van der Waals surface area contributed by atoms with Crippen molar-refractivity contribution < 1.29 is 34.7 Å². The first-order valence-electron chi connectivity index (χ1n) is 9.84. The van der Waals surface area contributed by atoms with Gasteiger partial charge in [-0.1, -0.05) is 38.5 Å². The van der Waals surface area contributed by atoms with E-state index in [-0.39, 0.29) is 25.0 Å². The molecule has 0 amide bonds. The minimum atomic E-state index is -1.20. The Labute approximate surface area is 156 Å². The Bertz CT molecular complexity index is 390. The number of carboxylic acids is 1. The molecular weight excluding hydrogens is 340 g/mol. The van der Waals surface area contributed by atoms with Crippen LogP contribution in [-0.4, -0.2) is 58.1 Å². The van der Waals surface area contributed by atoms with Gasteiger partial charge in [-0.05, 0) is 26.7 Å². The number of ether oxygens (including phenoxy) is 2. The molecule has 0 aliphatic carbocycles. The van der Waals surface area contributed by atoms with E-state index in [2.05, 4.69) is 0 Å². The van der Waals surface area contributed by atoms with E-state index in [9.17, 15) is 25.2 Å². The van der Waals surface area contributed by atoms with Crippen LogP contribution < -0.4 is 5.11 Å². The first-order chi connectivity index (χ1) is 12.3. The van der Waals surface area contributed by atoms with E-state index in [1.807, 2.05) is 6.92 Å². The molecule has 7 nitrogen and oxygen atoms in total. The molecule has 0 aromatic rings. The topological polar surface area (TPSA) is 119 Å². The molecule has 0 radical (unpaired) electrons. The van der Waals surface area contributed by atoms with Gasteiger partial charge < -0.3 is 34.7 Å². The normalized spacial score (nSPS) is 28.7. The summed E-state index contributed by atoms with van der Waals surface area (Å²) >= 11 is 0. The highest BCUT2D eigenvalue weighted by atomic mass is 16.7. The molecule has 1 fully saturated rings. The smallest absolute Gasteiger partial charge is 0.184 e. The highest BCUT2D eigenvalue weighted by Gasteiger charge is 2.35. The summed E-state index contributed by atoms with van der Waals surface area (Å²) in [6, 6.07) is 0. The molecule has 154 valence electrons. The zero-order valence-corrected chi connectivity index (χ0v) is 16.0. The van der Waals surface area contributed by atoms with Crippen molar-refractivity contribution >= 4 is 5.97 Å². The Kier molecular flexibility index (Phi) is 11.3. The predicted octanol–water partition coefficient (Wildman–Crippen LogP) is 0.870. The number of aliphatic hydroxyl groups excluding tert-OH is 3. The van der Waals surface area contributed by atoms with E-state index in [4.69, 9.17) is 9.47 Å². The largest absolute Gasteiger partial charge is 0.550 e. The molecule has 0 aromatic heterocycles. The monoisotopic (exact) mass is 375 g/mol. The Morgan fingerprint density at radius 2 is 1.69 bits per heavy atom. The van der Waals surface area contributed by atoms with Gasteiger partial charge in [0.15, 0.2) is 6.29 Å². The van der Waals surface area contributed by atoms with Crippen LogP contribution in [0.2, 0.25) is 0 Å². The molecule has 0 spiro atoms. The van der Waals surface area contributed by atoms with Crippen molar-refractivity contribution in [1.82, 2.24) is 0 Å². The average Bonchev–Trinajstić information content (AvgIpc) is 2.54. The number of rotatable bonds is 13. The fraction of sp³-hybridized carbons (Fsp3) is 0.947. The van der Waals surface area contributed by atoms with Gasteiger partial charge in [0.05, 0.1) is 24.4 Å². The summed E-state index contributed by atoms with van der Waals surface area (Å²) in [5.74, 6) is -1.20. The molecule has 1 heterocycles. The summed E-state index contributed by atoms with van der Waals surface area (Å²) in [6.07, 6.45) is 4.20. The number of carboxylic acid groups (broad SMARTS) is 1. The quantitative estimate of drug-likeness (QED) is 0.409. The first-order valence-corrected chi connectivity index (χ1v) is 9.84. The summed E-state index contributed by atoms with van der Waals surface area (Å²) in [7, 11) is 0. The summed E-state index contributed by atoms with van der Waals surface area (Å²) in [5.41, 5.74) is 0. The van der Waals surface area contributed by atoms with Crippen molar-refractivity contribution in [2.24, 2.45) is 0 Å². The van der Waals surface area contributed by atoms with Gasteiger partial charge in [-0.15, -0.1) is 0 Å². The number of carbonyl (C=O) groups excluding carboxylic acids is 1. The van der Waals surface area contributed by atoms with Gasteiger partial charge in [0.2, 0.25) is 0 Å². The Morgan fingerprint density at radius 3 is 2.31 bits per heavy atom. The molecule has 1 rings (SSSR count). The Hall–Kier alpha value is -0.730. The van der Waals surface area contributed by atoms with Gasteiger partial charge >= 0.3 is 0 Å². The molecule has 7 heteroatoms. The van der Waals surface area contributed by atoms with Gasteiger partial charge in [-0.3, -0.25) is 0 Å². The third kappa shape index (κ3) is 9.83. The number of carbonyl (C=O) groups is 1. The lowest BCUT2D eigenvalue weighted by atomic mass is 10.0. The van der Waals surface area contributed by atoms with Crippen LogP contribution in [0, 0.1) is 0 Å². The second kappa shape index (κ2) is 12.6. The van der Waals surface area contributed by atoms with Gasteiger partial charge in [0.1, 0.15) is 6.10 Å². The Morgan fingerprint density at radius 1 is 1.12 bits per heavy atom. The molecule has 0 aromatic carbocycles. The van der Waals surface area contributed by atoms with E-state index < -0.39 is 30.6 Å². The van der Waals surface area contributed by atoms with Crippen molar-refractivity contribution in [1.29, 1.82) is 0 Å². The SMILES string of the molecule is C[C@H](CCCCCCCC[C@@H](O)CC(=O)[O-])O[C@@H]1O[C@@H](C)[C@H](O)C[C@H]1O. The lowest BCUT2D eigenvalue weighted by molar-refractivity contribution is -0.307. The molecule has 1 aliphatic rings. The van der Waals surface area contributed by atoms with Crippen LogP contribution in [0.3, 0.4) is 0 Å². The van der Waals surface area contributed by atoms with Gasteiger partial charge in [0.25, 0.3) is 0 Å². The maximum Gasteiger partial charge on any atom is 0.184 e. The van der Waals surface area contributed by atoms with E-state index >= 15 is 0 Å². The van der Waals surface area contributed by atoms with Crippen molar-refractivity contribution in [3.63, 3.8) is 0 Å². The van der Waals surface area contributed by atoms with Crippen LogP contribution in [0.1, 0.15) is 78.1 Å². The van der Waals surface area contributed by atoms with Crippen molar-refractivity contribution in [2.45, 2.75) is 115 Å². The summed E-state index contributed by atoms with van der Waals surface area (Å²) in [6.45, 7) is 3.74. The zero-order chi connectivity index (χ0) is 19.5. The second-order valence-electron chi connectivity index (χ2n) is 7.46. The molecule has 1 saturated heterocycles. The van der Waals surface area contributed by atoms with Crippen LogP contribution in [0.5, 0.6) is 0 Å². The number of unbranched alkanes of at least 4 members (excludes halogenated alkanes) is 5. The highest BCUT2D eigenvalue weighted by molar-refractivity contribution is 5.64. The fourth-order valence-corrected chi connectivity index (χ4v) is 3.18. The van der Waals surface area contributed by atoms with E-state index in [0.29, 0.717) is 6.42 Å². The third-order valence-electron chi connectivity index (χ3n) is 4.85. The Balaban J connectivity index is 2.00. The lowest BCUT2D eigenvalue weighted by Crippen LogP contribution is -2.48. The van der Waals surface area contributed by atoms with Gasteiger partial charge in [0, 0.05) is 18.8 Å². The minimum absolute atomic E-state index is 0.0168. The average molecular weight is 375 g/mol. The third-order valence-corrected chi connectivity index (χ3v) is 4.85. The highest BCUT2D eigenvalue weighted by Crippen LogP contribution is 2.23. The van der Waals surface area contributed by atoms with Crippen LogP contribution in [0.4, 0.5) is 0 Å². The zero-order valence-electron chi connectivity index (χ0n) is 16.0. The van der Waals surface area contributed by atoms with Crippen LogP contribution in [-0.2, 0) is 14.3 Å². The number of hydrogen-bond acceptors (Lipinski definition) is 7. The van der Waals surface area contributed by atoms with E-state index in [0.717, 1.165) is 44.9 Å². The molecule has 26 heavy (non-hydrogen) atoms. The molecular formula is C19H35O7-. The minimum Gasteiger partial charge on any atom is -0.550 e. The van der Waals surface area contributed by atoms with Crippen molar-refractivity contribution in [3.05, 3.63) is 0 Å². The van der Waals surface area contributed by atoms with E-state index in [1.165, 1.54) is 0 Å². The van der Waals surface area contributed by atoms with Crippen molar-refractivity contribution in [3.8, 4) is 0 Å². The second-order valence-corrected chi connectivity index (χ2v) is 7.46. The van der Waals surface area contributed by atoms with Gasteiger partial charge in [-0.25, -0.2) is 0 Å². The molecule has 1 aliphatic heterocycles. The summed E-state index contributed by atoms with van der Waals surface area (Å²) in [5, 5.41) is 39.3. The van der Waals surface area contributed by atoms with Crippen molar-refractivity contribution in [2.75, 3.05) is 0 Å². The molecule has 0 unspecified atom stereocenters.